The SMILES string of the molecule is Cc1cc(B2OC(C)(C)C(C)(C)O2)n([C@@H]2CCCCO2)n1. The Labute approximate surface area is 127 Å². The first kappa shape index (κ1) is 15.1. The molecule has 116 valence electrons. The molecular formula is C15H25BN2O3. The van der Waals surface area contributed by atoms with Gasteiger partial charge in [0.05, 0.1) is 22.5 Å². The van der Waals surface area contributed by atoms with Gasteiger partial charge in [-0.15, -0.1) is 0 Å². The van der Waals surface area contributed by atoms with Crippen molar-refractivity contribution in [3.63, 3.8) is 0 Å². The van der Waals surface area contributed by atoms with Gasteiger partial charge in [0.25, 0.3) is 0 Å². The zero-order chi connectivity index (χ0) is 15.3. The summed E-state index contributed by atoms with van der Waals surface area (Å²) in [6.45, 7) is 11.1. The minimum Gasteiger partial charge on any atom is -0.398 e. The fraction of sp³-hybridized carbons (Fsp3) is 0.800. The lowest BCUT2D eigenvalue weighted by atomic mass is 9.84. The third-order valence-corrected chi connectivity index (χ3v) is 4.81. The molecule has 21 heavy (non-hydrogen) atoms. The normalized spacial score (nSPS) is 28.0. The molecular weight excluding hydrogens is 267 g/mol. The molecule has 1 atom stereocenters. The predicted molar refractivity (Wildman–Crippen MR) is 81.5 cm³/mol. The summed E-state index contributed by atoms with van der Waals surface area (Å²) >= 11 is 0. The Balaban J connectivity index is 1.89. The third-order valence-electron chi connectivity index (χ3n) is 4.81. The Hall–Kier alpha value is -0.845. The second-order valence-corrected chi connectivity index (χ2v) is 7.06. The molecule has 0 N–H and O–H groups in total. The van der Waals surface area contributed by atoms with E-state index in [1.807, 2.05) is 17.7 Å². The number of rotatable bonds is 2. The van der Waals surface area contributed by atoms with E-state index in [1.54, 1.807) is 0 Å². The first-order chi connectivity index (χ1) is 9.80. The highest BCUT2D eigenvalue weighted by molar-refractivity contribution is 6.61. The predicted octanol–water partition coefficient (Wildman–Crippen LogP) is 2.19. The van der Waals surface area contributed by atoms with Gasteiger partial charge in [-0.1, -0.05) is 0 Å². The van der Waals surface area contributed by atoms with Gasteiger partial charge in [0.15, 0.2) is 0 Å². The Morgan fingerprint density at radius 3 is 2.43 bits per heavy atom. The first-order valence-corrected chi connectivity index (χ1v) is 7.83. The number of hydrogen-bond acceptors (Lipinski definition) is 4. The van der Waals surface area contributed by atoms with Crippen molar-refractivity contribution in [2.45, 2.75) is 71.3 Å². The second kappa shape index (κ2) is 5.11. The molecule has 0 spiro atoms. The largest absolute Gasteiger partial charge is 0.514 e. The Kier molecular flexibility index (Phi) is 3.67. The Morgan fingerprint density at radius 2 is 1.86 bits per heavy atom. The van der Waals surface area contributed by atoms with Crippen LogP contribution in [0.2, 0.25) is 0 Å². The van der Waals surface area contributed by atoms with Crippen LogP contribution in [-0.2, 0) is 14.0 Å². The molecule has 0 aromatic carbocycles. The van der Waals surface area contributed by atoms with Crippen LogP contribution in [0.3, 0.4) is 0 Å². The fourth-order valence-corrected chi connectivity index (χ4v) is 2.82. The van der Waals surface area contributed by atoms with E-state index >= 15 is 0 Å². The molecule has 3 heterocycles. The summed E-state index contributed by atoms with van der Waals surface area (Å²) in [7, 11) is -0.387. The summed E-state index contributed by atoms with van der Waals surface area (Å²) in [6.07, 6.45) is 3.30. The quantitative estimate of drug-likeness (QED) is 0.784. The van der Waals surface area contributed by atoms with Crippen LogP contribution in [-0.4, -0.2) is 34.7 Å². The van der Waals surface area contributed by atoms with Crippen molar-refractivity contribution in [1.29, 1.82) is 0 Å². The fourth-order valence-electron chi connectivity index (χ4n) is 2.82. The molecule has 5 nitrogen and oxygen atoms in total. The molecule has 1 aromatic heterocycles. The molecule has 6 heteroatoms. The van der Waals surface area contributed by atoms with Crippen molar-refractivity contribution in [1.82, 2.24) is 9.78 Å². The molecule has 3 rings (SSSR count). The molecule has 2 fully saturated rings. The zero-order valence-electron chi connectivity index (χ0n) is 13.7. The Bertz CT molecular complexity index is 505. The molecule has 0 bridgehead atoms. The van der Waals surface area contributed by atoms with Gasteiger partial charge in [0.2, 0.25) is 0 Å². The van der Waals surface area contributed by atoms with Crippen LogP contribution in [0.4, 0.5) is 0 Å². The maximum absolute atomic E-state index is 6.16. The minimum absolute atomic E-state index is 0.00137. The summed E-state index contributed by atoms with van der Waals surface area (Å²) in [6, 6.07) is 2.04. The van der Waals surface area contributed by atoms with Gasteiger partial charge in [-0.3, -0.25) is 0 Å². The summed E-state index contributed by atoms with van der Waals surface area (Å²) in [5, 5.41) is 4.61. The highest BCUT2D eigenvalue weighted by Gasteiger charge is 2.53. The van der Waals surface area contributed by atoms with Crippen molar-refractivity contribution < 1.29 is 14.0 Å². The summed E-state index contributed by atoms with van der Waals surface area (Å²) in [5.41, 5.74) is 1.24. The average molecular weight is 292 g/mol. The van der Waals surface area contributed by atoms with Crippen molar-refractivity contribution in [2.24, 2.45) is 0 Å². The molecule has 0 saturated carbocycles. The lowest BCUT2D eigenvalue weighted by molar-refractivity contribution is -0.0381. The van der Waals surface area contributed by atoms with Crippen LogP contribution >= 0.6 is 0 Å². The Morgan fingerprint density at radius 1 is 1.19 bits per heavy atom. The summed E-state index contributed by atoms with van der Waals surface area (Å²) in [4.78, 5) is 0. The maximum Gasteiger partial charge on any atom is 0.514 e. The number of aromatic nitrogens is 2. The van der Waals surface area contributed by atoms with E-state index < -0.39 is 0 Å². The topological polar surface area (TPSA) is 45.5 Å². The number of nitrogens with zero attached hydrogens (tertiary/aromatic N) is 2. The highest BCUT2D eigenvalue weighted by Crippen LogP contribution is 2.36. The van der Waals surface area contributed by atoms with E-state index in [0.29, 0.717) is 0 Å². The van der Waals surface area contributed by atoms with E-state index in [2.05, 4.69) is 32.8 Å². The van der Waals surface area contributed by atoms with Crippen LogP contribution in [0.5, 0.6) is 0 Å². The van der Waals surface area contributed by atoms with Gasteiger partial charge in [0, 0.05) is 6.61 Å². The monoisotopic (exact) mass is 292 g/mol. The average Bonchev–Trinajstić information content (AvgIpc) is 2.89. The van der Waals surface area contributed by atoms with Crippen LogP contribution < -0.4 is 5.59 Å². The van der Waals surface area contributed by atoms with Crippen molar-refractivity contribution in [2.75, 3.05) is 6.61 Å². The molecule has 0 unspecified atom stereocenters. The first-order valence-electron chi connectivity index (χ1n) is 7.83. The van der Waals surface area contributed by atoms with E-state index in [1.165, 1.54) is 6.42 Å². The van der Waals surface area contributed by atoms with Crippen molar-refractivity contribution >= 4 is 12.7 Å². The van der Waals surface area contributed by atoms with Crippen molar-refractivity contribution in [3.8, 4) is 0 Å². The van der Waals surface area contributed by atoms with Crippen LogP contribution in [0, 0.1) is 6.92 Å². The van der Waals surface area contributed by atoms with Gasteiger partial charge < -0.3 is 14.0 Å². The molecule has 0 aliphatic carbocycles. The number of aryl methyl sites for hydroxylation is 1. The lowest BCUT2D eigenvalue weighted by Gasteiger charge is -2.32. The summed E-state index contributed by atoms with van der Waals surface area (Å²) < 4.78 is 20.1. The number of ether oxygens (including phenoxy) is 1. The molecule has 2 aliphatic heterocycles. The van der Waals surface area contributed by atoms with Gasteiger partial charge in [-0.05, 0) is 59.9 Å². The van der Waals surface area contributed by atoms with Gasteiger partial charge in [-0.25, -0.2) is 4.68 Å². The van der Waals surface area contributed by atoms with Crippen LogP contribution in [0.1, 0.15) is 58.9 Å². The van der Waals surface area contributed by atoms with E-state index in [4.69, 9.17) is 14.0 Å². The van der Waals surface area contributed by atoms with Gasteiger partial charge in [0.1, 0.15) is 6.23 Å². The van der Waals surface area contributed by atoms with Crippen LogP contribution in [0.25, 0.3) is 0 Å². The maximum atomic E-state index is 6.16. The number of hydrogen-bond donors (Lipinski definition) is 0. The lowest BCUT2D eigenvalue weighted by Crippen LogP contribution is -2.42. The molecule has 1 aromatic rings. The van der Waals surface area contributed by atoms with E-state index in [-0.39, 0.29) is 24.5 Å². The van der Waals surface area contributed by atoms with E-state index in [0.717, 1.165) is 30.7 Å². The van der Waals surface area contributed by atoms with Crippen LogP contribution in [0.15, 0.2) is 6.07 Å². The summed E-state index contributed by atoms with van der Waals surface area (Å²) in [5.74, 6) is 0. The standard InChI is InChI=1S/C15H25BN2O3/c1-11-10-12(16-20-14(2,3)15(4,5)21-16)18(17-11)13-8-6-7-9-19-13/h10,13H,6-9H2,1-5H3/t13-/m0/s1. The second-order valence-electron chi connectivity index (χ2n) is 7.06. The van der Waals surface area contributed by atoms with Crippen molar-refractivity contribution in [3.05, 3.63) is 11.8 Å². The minimum atomic E-state index is -0.387. The third kappa shape index (κ3) is 2.65. The molecule has 0 radical (unpaired) electrons. The smallest absolute Gasteiger partial charge is 0.398 e. The molecule has 0 amide bonds. The van der Waals surface area contributed by atoms with Gasteiger partial charge >= 0.3 is 7.12 Å². The van der Waals surface area contributed by atoms with E-state index in [9.17, 15) is 0 Å². The molecule has 2 aliphatic rings. The molecule has 2 saturated heterocycles. The zero-order valence-corrected chi connectivity index (χ0v) is 13.7. The van der Waals surface area contributed by atoms with Gasteiger partial charge in [-0.2, -0.15) is 5.10 Å². The highest BCUT2D eigenvalue weighted by atomic mass is 16.7.